The van der Waals surface area contributed by atoms with E-state index in [-0.39, 0.29) is 12.3 Å². The number of aliphatic carboxylic acids is 1. The van der Waals surface area contributed by atoms with E-state index in [0.29, 0.717) is 22.0 Å². The standard InChI is InChI=1S/C25H25NO3S/c27-23(28)16-20-15-22(25(29)26-21-9-5-2-6-10-21)30-24(20)19-13-11-18(12-14-19)17-7-3-1-4-8-17/h2,5-6,9-15,17H,1,3-4,7-8,16H2,(H,26,29)(H,27,28). The van der Waals surface area contributed by atoms with Gasteiger partial charge in [0.2, 0.25) is 0 Å². The Hall–Kier alpha value is -2.92. The van der Waals surface area contributed by atoms with E-state index >= 15 is 0 Å². The van der Waals surface area contributed by atoms with Crippen molar-refractivity contribution in [3.8, 4) is 10.4 Å². The molecule has 2 N–H and O–H groups in total. The highest BCUT2D eigenvalue weighted by molar-refractivity contribution is 7.17. The van der Waals surface area contributed by atoms with Crippen molar-refractivity contribution in [3.63, 3.8) is 0 Å². The molecule has 4 nitrogen and oxygen atoms in total. The number of hydrogen-bond acceptors (Lipinski definition) is 3. The average molecular weight is 420 g/mol. The lowest BCUT2D eigenvalue weighted by atomic mass is 9.84. The Kier molecular flexibility index (Phi) is 6.29. The fraction of sp³-hybridized carbons (Fsp3) is 0.280. The number of benzene rings is 2. The highest BCUT2D eigenvalue weighted by Gasteiger charge is 2.19. The molecule has 1 fully saturated rings. The van der Waals surface area contributed by atoms with Crippen LogP contribution in [0.1, 0.15) is 58.8 Å². The van der Waals surface area contributed by atoms with E-state index in [0.717, 1.165) is 10.4 Å². The van der Waals surface area contributed by atoms with Crippen LogP contribution in [0.4, 0.5) is 5.69 Å². The van der Waals surface area contributed by atoms with Crippen LogP contribution in [0.25, 0.3) is 10.4 Å². The van der Waals surface area contributed by atoms with Crippen molar-refractivity contribution in [1.29, 1.82) is 0 Å². The molecule has 154 valence electrons. The summed E-state index contributed by atoms with van der Waals surface area (Å²) in [6.45, 7) is 0. The topological polar surface area (TPSA) is 66.4 Å². The molecule has 1 saturated carbocycles. The van der Waals surface area contributed by atoms with E-state index in [4.69, 9.17) is 0 Å². The zero-order valence-electron chi connectivity index (χ0n) is 16.8. The number of carboxylic acids is 1. The Bertz CT molecular complexity index is 1020. The van der Waals surface area contributed by atoms with Crippen LogP contribution < -0.4 is 5.32 Å². The van der Waals surface area contributed by atoms with Gasteiger partial charge in [0.05, 0.1) is 11.3 Å². The van der Waals surface area contributed by atoms with Gasteiger partial charge in [-0.2, -0.15) is 0 Å². The summed E-state index contributed by atoms with van der Waals surface area (Å²) in [5.74, 6) is -0.493. The van der Waals surface area contributed by atoms with E-state index in [1.54, 1.807) is 6.07 Å². The van der Waals surface area contributed by atoms with Gasteiger partial charge in [0.1, 0.15) is 0 Å². The monoisotopic (exact) mass is 419 g/mol. The lowest BCUT2D eigenvalue weighted by molar-refractivity contribution is -0.136. The third-order valence-electron chi connectivity index (χ3n) is 5.66. The number of rotatable bonds is 6. The summed E-state index contributed by atoms with van der Waals surface area (Å²) in [5, 5.41) is 12.2. The predicted octanol–water partition coefficient (Wildman–Crippen LogP) is 6.34. The first-order chi connectivity index (χ1) is 14.6. The van der Waals surface area contributed by atoms with Gasteiger partial charge in [-0.05, 0) is 53.6 Å². The number of amides is 1. The summed E-state index contributed by atoms with van der Waals surface area (Å²) in [5.41, 5.74) is 3.72. The second-order valence-corrected chi connectivity index (χ2v) is 8.86. The Labute approximate surface area is 180 Å². The second kappa shape index (κ2) is 9.26. The number of anilines is 1. The Morgan fingerprint density at radius 1 is 0.967 bits per heavy atom. The lowest BCUT2D eigenvalue weighted by Gasteiger charge is -2.22. The van der Waals surface area contributed by atoms with Gasteiger partial charge in [0.25, 0.3) is 5.91 Å². The van der Waals surface area contributed by atoms with Gasteiger partial charge in [-0.25, -0.2) is 0 Å². The predicted molar refractivity (Wildman–Crippen MR) is 121 cm³/mol. The van der Waals surface area contributed by atoms with Gasteiger partial charge < -0.3 is 10.4 Å². The lowest BCUT2D eigenvalue weighted by Crippen LogP contribution is -2.10. The maximum Gasteiger partial charge on any atom is 0.307 e. The van der Waals surface area contributed by atoms with Crippen LogP contribution in [0.5, 0.6) is 0 Å². The molecule has 0 unspecified atom stereocenters. The maximum atomic E-state index is 12.7. The van der Waals surface area contributed by atoms with E-state index in [1.807, 2.05) is 30.3 Å². The van der Waals surface area contributed by atoms with Crippen LogP contribution in [0, 0.1) is 0 Å². The number of nitrogens with one attached hydrogen (secondary N) is 1. The molecule has 0 bridgehead atoms. The third-order valence-corrected chi connectivity index (χ3v) is 6.88. The summed E-state index contributed by atoms with van der Waals surface area (Å²) in [4.78, 5) is 25.5. The fourth-order valence-electron chi connectivity index (χ4n) is 4.14. The second-order valence-electron chi connectivity index (χ2n) is 7.81. The van der Waals surface area contributed by atoms with Gasteiger partial charge in [-0.1, -0.05) is 61.7 Å². The van der Waals surface area contributed by atoms with Crippen molar-refractivity contribution in [1.82, 2.24) is 0 Å². The molecule has 0 saturated heterocycles. The summed E-state index contributed by atoms with van der Waals surface area (Å²) < 4.78 is 0. The molecule has 0 radical (unpaired) electrons. The number of para-hydroxylation sites is 1. The summed E-state index contributed by atoms with van der Waals surface area (Å²) in [7, 11) is 0. The van der Waals surface area contributed by atoms with Crippen LogP contribution in [-0.4, -0.2) is 17.0 Å². The first kappa shape index (κ1) is 20.4. The normalized spacial score (nSPS) is 14.4. The molecule has 4 rings (SSSR count). The molecule has 1 aromatic heterocycles. The zero-order valence-corrected chi connectivity index (χ0v) is 17.6. The van der Waals surface area contributed by atoms with Crippen LogP contribution >= 0.6 is 11.3 Å². The number of hydrogen-bond donors (Lipinski definition) is 2. The van der Waals surface area contributed by atoms with Crippen LogP contribution in [-0.2, 0) is 11.2 Å². The van der Waals surface area contributed by atoms with E-state index < -0.39 is 5.97 Å². The maximum absolute atomic E-state index is 12.7. The highest BCUT2D eigenvalue weighted by Crippen LogP contribution is 2.37. The quantitative estimate of drug-likeness (QED) is 0.490. The first-order valence-corrected chi connectivity index (χ1v) is 11.2. The van der Waals surface area contributed by atoms with Crippen molar-refractivity contribution in [3.05, 3.63) is 76.7 Å². The van der Waals surface area contributed by atoms with Crippen molar-refractivity contribution in [2.24, 2.45) is 0 Å². The molecule has 1 heterocycles. The minimum atomic E-state index is -0.900. The molecule has 1 aliphatic rings. The molecule has 3 aromatic rings. The molecule has 30 heavy (non-hydrogen) atoms. The van der Waals surface area contributed by atoms with Gasteiger partial charge in [-0.3, -0.25) is 9.59 Å². The van der Waals surface area contributed by atoms with Crippen molar-refractivity contribution in [2.45, 2.75) is 44.4 Å². The van der Waals surface area contributed by atoms with E-state index in [2.05, 4.69) is 29.6 Å². The molecule has 0 spiro atoms. The first-order valence-electron chi connectivity index (χ1n) is 10.4. The number of carbonyl (C=O) groups excluding carboxylic acids is 1. The minimum Gasteiger partial charge on any atom is -0.481 e. The van der Waals surface area contributed by atoms with Crippen molar-refractivity contribution < 1.29 is 14.7 Å². The van der Waals surface area contributed by atoms with Crippen LogP contribution in [0.15, 0.2) is 60.7 Å². The molecule has 1 aliphatic carbocycles. The number of carboxylic acid groups (broad SMARTS) is 1. The molecule has 0 atom stereocenters. The molecule has 0 aliphatic heterocycles. The highest BCUT2D eigenvalue weighted by atomic mass is 32.1. The van der Waals surface area contributed by atoms with Gasteiger partial charge in [-0.15, -0.1) is 11.3 Å². The number of carbonyl (C=O) groups is 2. The zero-order chi connectivity index (χ0) is 20.9. The molecular weight excluding hydrogens is 394 g/mol. The van der Waals surface area contributed by atoms with Crippen LogP contribution in [0.3, 0.4) is 0 Å². The molecule has 1 amide bonds. The Balaban J connectivity index is 1.59. The SMILES string of the molecule is O=C(O)Cc1cc(C(=O)Nc2ccccc2)sc1-c1ccc(C2CCCCC2)cc1. The molecule has 5 heteroatoms. The summed E-state index contributed by atoms with van der Waals surface area (Å²) >= 11 is 1.35. The van der Waals surface area contributed by atoms with E-state index in [9.17, 15) is 14.7 Å². The smallest absolute Gasteiger partial charge is 0.307 e. The number of thiophene rings is 1. The van der Waals surface area contributed by atoms with Crippen LogP contribution in [0.2, 0.25) is 0 Å². The average Bonchev–Trinajstić information content (AvgIpc) is 3.18. The van der Waals surface area contributed by atoms with Gasteiger partial charge in [0, 0.05) is 10.6 Å². The van der Waals surface area contributed by atoms with E-state index in [1.165, 1.54) is 49.0 Å². The van der Waals surface area contributed by atoms with Gasteiger partial charge in [0.15, 0.2) is 0 Å². The van der Waals surface area contributed by atoms with Crippen molar-refractivity contribution in [2.75, 3.05) is 5.32 Å². The summed E-state index contributed by atoms with van der Waals surface area (Å²) in [6, 6.07) is 19.4. The summed E-state index contributed by atoms with van der Waals surface area (Å²) in [6.07, 6.45) is 6.30. The Morgan fingerprint density at radius 2 is 1.67 bits per heavy atom. The minimum absolute atomic E-state index is 0.102. The Morgan fingerprint density at radius 3 is 2.33 bits per heavy atom. The third kappa shape index (κ3) is 4.79. The van der Waals surface area contributed by atoms with Gasteiger partial charge >= 0.3 is 5.97 Å². The van der Waals surface area contributed by atoms with Crippen molar-refractivity contribution >= 4 is 28.9 Å². The largest absolute Gasteiger partial charge is 0.481 e. The fourth-order valence-corrected chi connectivity index (χ4v) is 5.22. The molecular formula is C25H25NO3S. The molecule has 2 aromatic carbocycles.